The van der Waals surface area contributed by atoms with Gasteiger partial charge in [-0.05, 0) is 30.7 Å². The van der Waals surface area contributed by atoms with Crippen molar-refractivity contribution < 1.29 is 8.42 Å². The molecule has 23 heavy (non-hydrogen) atoms. The SMILES string of the molecule is CCCS(=O)(=O)NCCn1nc(-c2cccs2)n(C2CC2)c1=O. The van der Waals surface area contributed by atoms with Crippen LogP contribution >= 0.6 is 11.3 Å². The van der Waals surface area contributed by atoms with Crippen LogP contribution in [0.5, 0.6) is 0 Å². The van der Waals surface area contributed by atoms with Gasteiger partial charge >= 0.3 is 5.69 Å². The molecule has 126 valence electrons. The lowest BCUT2D eigenvalue weighted by Gasteiger charge is -2.04. The first-order valence-corrected chi connectivity index (χ1v) is 10.3. The van der Waals surface area contributed by atoms with Gasteiger partial charge in [0, 0.05) is 12.6 Å². The van der Waals surface area contributed by atoms with E-state index in [1.54, 1.807) is 15.9 Å². The van der Waals surface area contributed by atoms with Crippen LogP contribution in [0.15, 0.2) is 22.3 Å². The number of rotatable bonds is 8. The van der Waals surface area contributed by atoms with E-state index in [1.165, 1.54) is 4.68 Å². The third-order valence-corrected chi connectivity index (χ3v) is 6.10. The predicted molar refractivity (Wildman–Crippen MR) is 90.2 cm³/mol. The van der Waals surface area contributed by atoms with Crippen molar-refractivity contribution in [2.75, 3.05) is 12.3 Å². The molecule has 1 saturated carbocycles. The highest BCUT2D eigenvalue weighted by Gasteiger charge is 2.30. The van der Waals surface area contributed by atoms with Gasteiger partial charge in [0.2, 0.25) is 10.0 Å². The van der Waals surface area contributed by atoms with Gasteiger partial charge in [0.05, 0.1) is 17.2 Å². The number of aromatic nitrogens is 3. The third kappa shape index (κ3) is 3.73. The van der Waals surface area contributed by atoms with Crippen LogP contribution in [0.25, 0.3) is 10.7 Å². The number of thiophene rings is 1. The summed E-state index contributed by atoms with van der Waals surface area (Å²) in [6.45, 7) is 2.22. The molecule has 2 heterocycles. The normalized spacial score (nSPS) is 15.2. The number of sulfonamides is 1. The molecule has 2 aromatic heterocycles. The summed E-state index contributed by atoms with van der Waals surface area (Å²) in [6, 6.07) is 4.10. The van der Waals surface area contributed by atoms with Crippen LogP contribution < -0.4 is 10.4 Å². The molecule has 7 nitrogen and oxygen atoms in total. The summed E-state index contributed by atoms with van der Waals surface area (Å²) in [5.41, 5.74) is -0.161. The van der Waals surface area contributed by atoms with Gasteiger partial charge in [0.15, 0.2) is 5.82 Å². The summed E-state index contributed by atoms with van der Waals surface area (Å²) in [5.74, 6) is 0.780. The fourth-order valence-electron chi connectivity index (χ4n) is 2.45. The molecule has 0 aliphatic heterocycles. The fourth-order valence-corrected chi connectivity index (χ4v) is 4.24. The average Bonchev–Trinajstić information content (AvgIpc) is 3.07. The van der Waals surface area contributed by atoms with E-state index in [9.17, 15) is 13.2 Å². The van der Waals surface area contributed by atoms with Crippen molar-refractivity contribution in [3.05, 3.63) is 28.0 Å². The van der Waals surface area contributed by atoms with Gasteiger partial charge in [-0.15, -0.1) is 16.4 Å². The second-order valence-corrected chi connectivity index (χ2v) is 8.50. The lowest BCUT2D eigenvalue weighted by molar-refractivity contribution is 0.546. The Balaban J connectivity index is 1.78. The van der Waals surface area contributed by atoms with Gasteiger partial charge in [0.1, 0.15) is 0 Å². The third-order valence-electron chi connectivity index (χ3n) is 3.64. The number of nitrogens with zero attached hydrogens (tertiary/aromatic N) is 3. The van der Waals surface area contributed by atoms with Crippen molar-refractivity contribution >= 4 is 21.4 Å². The highest BCUT2D eigenvalue weighted by atomic mass is 32.2. The lowest BCUT2D eigenvalue weighted by Crippen LogP contribution is -2.33. The molecule has 1 aliphatic carbocycles. The van der Waals surface area contributed by atoms with Crippen LogP contribution in [-0.2, 0) is 16.6 Å². The molecule has 0 unspecified atom stereocenters. The Morgan fingerprint density at radius 3 is 2.83 bits per heavy atom. The van der Waals surface area contributed by atoms with Gasteiger partial charge in [-0.25, -0.2) is 22.6 Å². The predicted octanol–water partition coefficient (Wildman–Crippen LogP) is 1.44. The molecule has 0 aromatic carbocycles. The zero-order valence-electron chi connectivity index (χ0n) is 12.9. The number of nitrogens with one attached hydrogen (secondary N) is 1. The topological polar surface area (TPSA) is 86.0 Å². The smallest absolute Gasteiger partial charge is 0.271 e. The molecule has 1 N–H and O–H groups in total. The zero-order chi connectivity index (χ0) is 16.4. The van der Waals surface area contributed by atoms with E-state index in [0.29, 0.717) is 12.2 Å². The van der Waals surface area contributed by atoms with Crippen molar-refractivity contribution in [2.24, 2.45) is 0 Å². The van der Waals surface area contributed by atoms with E-state index in [-0.39, 0.29) is 30.6 Å². The Morgan fingerprint density at radius 1 is 1.43 bits per heavy atom. The van der Waals surface area contributed by atoms with Crippen LogP contribution in [0.3, 0.4) is 0 Å². The van der Waals surface area contributed by atoms with Gasteiger partial charge in [-0.3, -0.25) is 4.57 Å². The summed E-state index contributed by atoms with van der Waals surface area (Å²) in [4.78, 5) is 13.5. The first kappa shape index (κ1) is 16.4. The molecule has 1 aliphatic rings. The largest absolute Gasteiger partial charge is 0.346 e. The summed E-state index contributed by atoms with van der Waals surface area (Å²) in [7, 11) is -3.26. The molecule has 0 saturated heterocycles. The molecule has 3 rings (SSSR count). The monoisotopic (exact) mass is 356 g/mol. The Bertz CT molecular complexity index is 817. The second kappa shape index (κ2) is 6.58. The van der Waals surface area contributed by atoms with Crippen molar-refractivity contribution in [3.8, 4) is 10.7 Å². The quantitative estimate of drug-likeness (QED) is 0.775. The van der Waals surface area contributed by atoms with Crippen molar-refractivity contribution in [3.63, 3.8) is 0 Å². The molecular formula is C14H20N4O3S2. The summed E-state index contributed by atoms with van der Waals surface area (Å²) in [5, 5.41) is 6.38. The molecule has 0 bridgehead atoms. The van der Waals surface area contributed by atoms with Gasteiger partial charge in [-0.1, -0.05) is 13.0 Å². The average molecular weight is 356 g/mol. The van der Waals surface area contributed by atoms with Crippen LogP contribution in [0, 0.1) is 0 Å². The first-order valence-electron chi connectivity index (χ1n) is 7.72. The van der Waals surface area contributed by atoms with Crippen LogP contribution in [0.4, 0.5) is 0 Å². The molecule has 1 fully saturated rings. The highest BCUT2D eigenvalue weighted by molar-refractivity contribution is 7.89. The van der Waals surface area contributed by atoms with Crippen molar-refractivity contribution in [2.45, 2.75) is 38.8 Å². The Kier molecular flexibility index (Phi) is 4.69. The van der Waals surface area contributed by atoms with Gasteiger partial charge < -0.3 is 0 Å². The van der Waals surface area contributed by atoms with E-state index < -0.39 is 10.0 Å². The molecule has 0 atom stereocenters. The van der Waals surface area contributed by atoms with Crippen LogP contribution in [-0.4, -0.2) is 35.1 Å². The van der Waals surface area contributed by atoms with E-state index in [1.807, 2.05) is 24.4 Å². The van der Waals surface area contributed by atoms with Gasteiger partial charge in [-0.2, -0.15) is 0 Å². The summed E-state index contributed by atoms with van der Waals surface area (Å²) < 4.78 is 28.9. The maximum Gasteiger partial charge on any atom is 0.346 e. The highest BCUT2D eigenvalue weighted by Crippen LogP contribution is 2.37. The van der Waals surface area contributed by atoms with Crippen molar-refractivity contribution in [1.29, 1.82) is 0 Å². The lowest BCUT2D eigenvalue weighted by atomic mass is 10.4. The molecule has 0 radical (unpaired) electrons. The van der Waals surface area contributed by atoms with Gasteiger partial charge in [0.25, 0.3) is 0 Å². The number of hydrogen-bond acceptors (Lipinski definition) is 5. The molecule has 0 spiro atoms. The maximum absolute atomic E-state index is 12.5. The van der Waals surface area contributed by atoms with Crippen molar-refractivity contribution in [1.82, 2.24) is 19.1 Å². The second-order valence-electron chi connectivity index (χ2n) is 5.62. The van der Waals surface area contributed by atoms with Crippen LogP contribution in [0.2, 0.25) is 0 Å². The number of hydrogen-bond donors (Lipinski definition) is 1. The maximum atomic E-state index is 12.5. The minimum absolute atomic E-state index is 0.0961. The molecule has 2 aromatic rings. The molecule has 0 amide bonds. The van der Waals surface area contributed by atoms with E-state index >= 15 is 0 Å². The minimum atomic E-state index is -3.26. The summed E-state index contributed by atoms with van der Waals surface area (Å²) >= 11 is 1.55. The zero-order valence-corrected chi connectivity index (χ0v) is 14.6. The van der Waals surface area contributed by atoms with E-state index in [2.05, 4.69) is 9.82 Å². The van der Waals surface area contributed by atoms with E-state index in [0.717, 1.165) is 17.7 Å². The van der Waals surface area contributed by atoms with E-state index in [4.69, 9.17) is 0 Å². The standard InChI is InChI=1S/C14H20N4O3S2/c1-2-10-23(20,21)15-7-8-17-14(19)18(11-5-6-11)13(16-17)12-4-3-9-22-12/h3-4,9,11,15H,2,5-8,10H2,1H3. The Labute approximate surface area is 139 Å². The molecular weight excluding hydrogens is 336 g/mol. The summed E-state index contributed by atoms with van der Waals surface area (Å²) in [6.07, 6.45) is 2.55. The molecule has 9 heteroatoms. The first-order chi connectivity index (χ1) is 11.0. The Morgan fingerprint density at radius 2 is 2.22 bits per heavy atom. The Hall–Kier alpha value is -1.45. The fraction of sp³-hybridized carbons (Fsp3) is 0.571. The van der Waals surface area contributed by atoms with Crippen LogP contribution in [0.1, 0.15) is 32.2 Å². The minimum Gasteiger partial charge on any atom is -0.271 e.